The van der Waals surface area contributed by atoms with E-state index >= 15 is 0 Å². The molecule has 1 saturated heterocycles. The Bertz CT molecular complexity index is 310. The standard InChI is InChI=1S/C7H13NO4S/c1-12-6(9)4-7(8)2-3-13(10,11)5-7/h2-5,8H2,1H3. The van der Waals surface area contributed by atoms with Crippen molar-refractivity contribution in [2.24, 2.45) is 5.73 Å². The molecular weight excluding hydrogens is 194 g/mol. The summed E-state index contributed by atoms with van der Waals surface area (Å²) in [4.78, 5) is 10.9. The first-order chi connectivity index (χ1) is 5.87. The Hall–Kier alpha value is -0.620. The van der Waals surface area contributed by atoms with Crippen LogP contribution in [0.2, 0.25) is 0 Å². The molecule has 1 fully saturated rings. The lowest BCUT2D eigenvalue weighted by molar-refractivity contribution is -0.141. The lowest BCUT2D eigenvalue weighted by atomic mass is 9.96. The zero-order chi connectivity index (χ0) is 10.1. The van der Waals surface area contributed by atoms with E-state index in [0.29, 0.717) is 6.42 Å². The predicted octanol–water partition coefficient (Wildman–Crippen LogP) is -0.934. The molecule has 0 radical (unpaired) electrons. The van der Waals surface area contributed by atoms with E-state index in [2.05, 4.69) is 4.74 Å². The van der Waals surface area contributed by atoms with E-state index < -0.39 is 21.3 Å². The highest BCUT2D eigenvalue weighted by Gasteiger charge is 2.40. The summed E-state index contributed by atoms with van der Waals surface area (Å²) in [5.74, 6) is -0.505. The van der Waals surface area contributed by atoms with Gasteiger partial charge in [-0.2, -0.15) is 0 Å². The molecule has 0 aromatic heterocycles. The van der Waals surface area contributed by atoms with Gasteiger partial charge in [0.05, 0.1) is 25.0 Å². The molecule has 0 bridgehead atoms. The van der Waals surface area contributed by atoms with Gasteiger partial charge in [0.1, 0.15) is 0 Å². The maximum Gasteiger partial charge on any atom is 0.307 e. The van der Waals surface area contributed by atoms with Gasteiger partial charge in [0, 0.05) is 5.54 Å². The van der Waals surface area contributed by atoms with Gasteiger partial charge >= 0.3 is 5.97 Å². The van der Waals surface area contributed by atoms with E-state index in [1.165, 1.54) is 7.11 Å². The van der Waals surface area contributed by atoms with Gasteiger partial charge < -0.3 is 10.5 Å². The maximum atomic E-state index is 11.1. The van der Waals surface area contributed by atoms with Crippen molar-refractivity contribution in [2.45, 2.75) is 18.4 Å². The summed E-state index contributed by atoms with van der Waals surface area (Å²) in [6.45, 7) is 0. The molecule has 6 heteroatoms. The van der Waals surface area contributed by atoms with Gasteiger partial charge in [0.2, 0.25) is 0 Å². The van der Waals surface area contributed by atoms with Gasteiger partial charge in [-0.05, 0) is 6.42 Å². The van der Waals surface area contributed by atoms with Crippen LogP contribution in [0.1, 0.15) is 12.8 Å². The molecular formula is C7H13NO4S. The fourth-order valence-corrected chi connectivity index (χ4v) is 3.42. The molecule has 1 rings (SSSR count). The molecule has 13 heavy (non-hydrogen) atoms. The zero-order valence-electron chi connectivity index (χ0n) is 7.45. The third-order valence-corrected chi connectivity index (χ3v) is 3.98. The van der Waals surface area contributed by atoms with Crippen molar-refractivity contribution in [3.63, 3.8) is 0 Å². The molecule has 5 nitrogen and oxygen atoms in total. The number of rotatable bonds is 2. The lowest BCUT2D eigenvalue weighted by Gasteiger charge is -2.19. The number of sulfone groups is 1. The number of methoxy groups -OCH3 is 1. The van der Waals surface area contributed by atoms with E-state index in [-0.39, 0.29) is 17.9 Å². The first-order valence-corrected chi connectivity index (χ1v) is 5.75. The van der Waals surface area contributed by atoms with E-state index in [1.54, 1.807) is 0 Å². The van der Waals surface area contributed by atoms with Gasteiger partial charge in [-0.1, -0.05) is 0 Å². The number of carbonyl (C=O) groups excluding carboxylic acids is 1. The fourth-order valence-electron chi connectivity index (χ4n) is 1.44. The third-order valence-electron chi connectivity index (χ3n) is 2.14. The quantitative estimate of drug-likeness (QED) is 0.591. The Morgan fingerprint density at radius 1 is 1.62 bits per heavy atom. The average Bonchev–Trinajstić information content (AvgIpc) is 2.25. The molecule has 0 aliphatic carbocycles. The fraction of sp³-hybridized carbons (Fsp3) is 0.857. The van der Waals surface area contributed by atoms with Crippen LogP contribution < -0.4 is 5.73 Å². The van der Waals surface area contributed by atoms with E-state index in [1.807, 2.05) is 0 Å². The van der Waals surface area contributed by atoms with E-state index in [0.717, 1.165) is 0 Å². The molecule has 1 aliphatic heterocycles. The lowest BCUT2D eigenvalue weighted by Crippen LogP contribution is -2.43. The second-order valence-corrected chi connectivity index (χ2v) is 5.64. The van der Waals surface area contributed by atoms with Gasteiger partial charge in [0.15, 0.2) is 9.84 Å². The minimum Gasteiger partial charge on any atom is -0.469 e. The molecule has 1 aliphatic rings. The second-order valence-electron chi connectivity index (χ2n) is 3.46. The Kier molecular flexibility index (Phi) is 2.63. The van der Waals surface area contributed by atoms with Crippen LogP contribution in [0.15, 0.2) is 0 Å². The van der Waals surface area contributed by atoms with E-state index in [4.69, 9.17) is 5.73 Å². The number of esters is 1. The molecule has 1 atom stereocenters. The molecule has 76 valence electrons. The third kappa shape index (κ3) is 2.67. The zero-order valence-corrected chi connectivity index (χ0v) is 8.26. The van der Waals surface area contributed by atoms with Gasteiger partial charge in [-0.25, -0.2) is 8.42 Å². The van der Waals surface area contributed by atoms with Gasteiger partial charge in [-0.3, -0.25) is 4.79 Å². The second kappa shape index (κ2) is 3.26. The summed E-state index contributed by atoms with van der Waals surface area (Å²) >= 11 is 0. The van der Waals surface area contributed by atoms with Crippen LogP contribution in [0.25, 0.3) is 0 Å². The number of hydrogen-bond donors (Lipinski definition) is 1. The minimum atomic E-state index is -3.04. The normalized spacial score (nSPS) is 31.5. The number of ether oxygens (including phenoxy) is 1. The molecule has 0 aromatic rings. The largest absolute Gasteiger partial charge is 0.469 e. The molecule has 0 spiro atoms. The van der Waals surface area contributed by atoms with Crippen LogP contribution in [0, 0.1) is 0 Å². The molecule has 0 saturated carbocycles. The summed E-state index contributed by atoms with van der Waals surface area (Å²) in [5.41, 5.74) is 4.82. The number of hydrogen-bond acceptors (Lipinski definition) is 5. The first-order valence-electron chi connectivity index (χ1n) is 3.93. The predicted molar refractivity (Wildman–Crippen MR) is 46.8 cm³/mol. The summed E-state index contributed by atoms with van der Waals surface area (Å²) in [5, 5.41) is 0. The Labute approximate surface area is 77.2 Å². The highest BCUT2D eigenvalue weighted by atomic mass is 32.2. The van der Waals surface area contributed by atoms with Crippen molar-refractivity contribution < 1.29 is 17.9 Å². The average molecular weight is 207 g/mol. The molecule has 0 aromatic carbocycles. The molecule has 1 unspecified atom stereocenters. The minimum absolute atomic E-state index is 0.0251. The number of carbonyl (C=O) groups is 1. The summed E-state index contributed by atoms with van der Waals surface area (Å²) in [7, 11) is -1.78. The van der Waals surface area contributed by atoms with Crippen LogP contribution in [0.5, 0.6) is 0 Å². The van der Waals surface area contributed by atoms with Crippen molar-refractivity contribution >= 4 is 15.8 Å². The highest BCUT2D eigenvalue weighted by Crippen LogP contribution is 2.24. The summed E-state index contributed by atoms with van der Waals surface area (Å²) < 4.78 is 26.6. The smallest absolute Gasteiger partial charge is 0.307 e. The highest BCUT2D eigenvalue weighted by molar-refractivity contribution is 7.91. The molecule has 0 amide bonds. The summed E-state index contributed by atoms with van der Waals surface area (Å²) in [6, 6.07) is 0. The van der Waals surface area contributed by atoms with Crippen molar-refractivity contribution in [1.29, 1.82) is 0 Å². The topological polar surface area (TPSA) is 86.5 Å². The van der Waals surface area contributed by atoms with Crippen LogP contribution >= 0.6 is 0 Å². The van der Waals surface area contributed by atoms with E-state index in [9.17, 15) is 13.2 Å². The SMILES string of the molecule is COC(=O)CC1(N)CCS(=O)(=O)C1. The van der Waals surface area contributed by atoms with Crippen LogP contribution in [-0.2, 0) is 19.4 Å². The van der Waals surface area contributed by atoms with Crippen molar-refractivity contribution in [3.05, 3.63) is 0 Å². The van der Waals surface area contributed by atoms with Crippen LogP contribution in [-0.4, -0.2) is 38.5 Å². The van der Waals surface area contributed by atoms with Gasteiger partial charge in [-0.15, -0.1) is 0 Å². The monoisotopic (exact) mass is 207 g/mol. The Morgan fingerprint density at radius 3 is 2.62 bits per heavy atom. The van der Waals surface area contributed by atoms with Crippen LogP contribution in [0.3, 0.4) is 0 Å². The summed E-state index contributed by atoms with van der Waals surface area (Å²) in [6.07, 6.45) is 0.313. The Morgan fingerprint density at radius 2 is 2.23 bits per heavy atom. The van der Waals surface area contributed by atoms with Crippen molar-refractivity contribution in [1.82, 2.24) is 0 Å². The molecule has 2 N–H and O–H groups in total. The van der Waals surface area contributed by atoms with Gasteiger partial charge in [0.25, 0.3) is 0 Å². The van der Waals surface area contributed by atoms with Crippen molar-refractivity contribution in [2.75, 3.05) is 18.6 Å². The number of nitrogens with two attached hydrogens (primary N) is 1. The Balaban J connectivity index is 2.65. The van der Waals surface area contributed by atoms with Crippen LogP contribution in [0.4, 0.5) is 0 Å². The molecule has 1 heterocycles. The van der Waals surface area contributed by atoms with Crippen molar-refractivity contribution in [3.8, 4) is 0 Å². The first kappa shape index (κ1) is 10.5. The maximum absolute atomic E-state index is 11.1.